The fraction of sp³-hybridized carbons (Fsp3) is 0.750. The summed E-state index contributed by atoms with van der Waals surface area (Å²) in [5.74, 6) is -4.00. The highest BCUT2D eigenvalue weighted by Gasteiger charge is 2.30. The quantitative estimate of drug-likeness (QED) is 0.438. The highest BCUT2D eigenvalue weighted by atomic mass is 31.2. The second-order valence-corrected chi connectivity index (χ2v) is 6.03. The molecular formula is C8H16NO6P. The maximum Gasteiger partial charge on any atom is 0.307 e. The van der Waals surface area contributed by atoms with Gasteiger partial charge in [0.05, 0.1) is 12.3 Å². The fourth-order valence-electron chi connectivity index (χ4n) is 1.21. The normalized spacial score (nSPS) is 16.4. The van der Waals surface area contributed by atoms with E-state index in [1.165, 1.54) is 0 Å². The Morgan fingerprint density at radius 3 is 2.25 bits per heavy atom. The molecule has 8 heteroatoms. The molecule has 0 fully saturated rings. The number of carbonyl (C=O) groups is 2. The summed E-state index contributed by atoms with van der Waals surface area (Å²) in [6, 6.07) is 0. The van der Waals surface area contributed by atoms with Gasteiger partial charge in [-0.15, -0.1) is 0 Å². The van der Waals surface area contributed by atoms with Gasteiger partial charge in [-0.1, -0.05) is 0 Å². The summed E-state index contributed by atoms with van der Waals surface area (Å²) in [4.78, 5) is 30.4. The first kappa shape index (κ1) is 15.1. The molecule has 0 aliphatic heterocycles. The summed E-state index contributed by atoms with van der Waals surface area (Å²) >= 11 is 0. The lowest BCUT2D eigenvalue weighted by atomic mass is 10.1. The summed E-state index contributed by atoms with van der Waals surface area (Å²) in [5, 5.41) is 17.1. The van der Waals surface area contributed by atoms with Gasteiger partial charge in [-0.2, -0.15) is 0 Å². The zero-order chi connectivity index (χ0) is 12.8. The Labute approximate surface area is 92.7 Å². The van der Waals surface area contributed by atoms with E-state index in [-0.39, 0.29) is 12.7 Å². The number of hydrogen-bond acceptors (Lipinski definition) is 4. The average molecular weight is 253 g/mol. The van der Waals surface area contributed by atoms with Crippen LogP contribution in [0.25, 0.3) is 0 Å². The third-order valence-electron chi connectivity index (χ3n) is 1.99. The first-order valence-electron chi connectivity index (χ1n) is 4.74. The number of carboxylic acid groups (broad SMARTS) is 2. The molecule has 94 valence electrons. The van der Waals surface area contributed by atoms with Crippen molar-refractivity contribution in [3.05, 3.63) is 0 Å². The molecule has 0 spiro atoms. The Balaban J connectivity index is 4.43. The molecule has 0 aliphatic carbocycles. The molecule has 0 aromatic rings. The van der Waals surface area contributed by atoms with Gasteiger partial charge in [0.1, 0.15) is 0 Å². The predicted octanol–water partition coefficient (Wildman–Crippen LogP) is -0.219. The van der Waals surface area contributed by atoms with Crippen molar-refractivity contribution in [3.8, 4) is 0 Å². The third kappa shape index (κ3) is 6.55. The number of hydrogen-bond donors (Lipinski definition) is 4. The molecule has 0 bridgehead atoms. The van der Waals surface area contributed by atoms with Crippen molar-refractivity contribution in [2.75, 3.05) is 18.9 Å². The van der Waals surface area contributed by atoms with E-state index in [2.05, 4.69) is 0 Å². The van der Waals surface area contributed by atoms with Crippen molar-refractivity contribution >= 4 is 19.3 Å². The van der Waals surface area contributed by atoms with Crippen LogP contribution in [0, 0.1) is 5.92 Å². The number of aliphatic carboxylic acids is 2. The van der Waals surface area contributed by atoms with E-state index in [1.807, 2.05) is 0 Å². The molecule has 0 rings (SSSR count). The van der Waals surface area contributed by atoms with E-state index in [0.29, 0.717) is 6.42 Å². The minimum atomic E-state index is -3.60. The minimum Gasteiger partial charge on any atom is -0.481 e. The topological polar surface area (TPSA) is 138 Å². The summed E-state index contributed by atoms with van der Waals surface area (Å²) in [6.45, 7) is 0.237. The molecular weight excluding hydrogens is 237 g/mol. The van der Waals surface area contributed by atoms with Crippen molar-refractivity contribution in [1.29, 1.82) is 0 Å². The zero-order valence-corrected chi connectivity index (χ0v) is 9.60. The van der Waals surface area contributed by atoms with Crippen LogP contribution in [0.2, 0.25) is 0 Å². The van der Waals surface area contributed by atoms with Gasteiger partial charge in [0.25, 0.3) is 0 Å². The monoisotopic (exact) mass is 253 g/mol. The van der Waals surface area contributed by atoms with Crippen LogP contribution >= 0.6 is 7.37 Å². The third-order valence-corrected chi connectivity index (χ3v) is 4.01. The first-order valence-corrected chi connectivity index (χ1v) is 6.77. The number of rotatable bonds is 8. The van der Waals surface area contributed by atoms with Crippen LogP contribution in [0.3, 0.4) is 0 Å². The van der Waals surface area contributed by atoms with Gasteiger partial charge >= 0.3 is 11.9 Å². The van der Waals surface area contributed by atoms with Crippen molar-refractivity contribution < 1.29 is 29.3 Å². The maximum atomic E-state index is 11.5. The van der Waals surface area contributed by atoms with Crippen LogP contribution < -0.4 is 5.73 Å². The fourth-order valence-corrected chi connectivity index (χ4v) is 3.05. The van der Waals surface area contributed by atoms with Gasteiger partial charge in [-0.05, 0) is 13.0 Å². The molecule has 0 radical (unpaired) electrons. The summed E-state index contributed by atoms with van der Waals surface area (Å²) in [7, 11) is -3.60. The minimum absolute atomic E-state index is 0.0765. The highest BCUT2D eigenvalue weighted by Crippen LogP contribution is 2.43. The van der Waals surface area contributed by atoms with E-state index < -0.39 is 37.8 Å². The van der Waals surface area contributed by atoms with Crippen LogP contribution in [0.5, 0.6) is 0 Å². The van der Waals surface area contributed by atoms with Gasteiger partial charge in [-0.25, -0.2) is 0 Å². The lowest BCUT2D eigenvalue weighted by Gasteiger charge is -2.15. The van der Waals surface area contributed by atoms with E-state index >= 15 is 0 Å². The molecule has 0 heterocycles. The van der Waals surface area contributed by atoms with Crippen LogP contribution in [-0.2, 0) is 14.2 Å². The van der Waals surface area contributed by atoms with Gasteiger partial charge in [-0.3, -0.25) is 14.2 Å². The van der Waals surface area contributed by atoms with E-state index in [4.69, 9.17) is 15.9 Å². The Bertz CT molecular complexity index is 305. The van der Waals surface area contributed by atoms with Gasteiger partial charge in [0.2, 0.25) is 7.37 Å². The lowest BCUT2D eigenvalue weighted by Crippen LogP contribution is -2.22. The van der Waals surface area contributed by atoms with Crippen LogP contribution in [0.15, 0.2) is 0 Å². The van der Waals surface area contributed by atoms with Crippen molar-refractivity contribution in [2.45, 2.75) is 12.8 Å². The molecule has 0 aromatic carbocycles. The average Bonchev–Trinajstić information content (AvgIpc) is 2.12. The Morgan fingerprint density at radius 1 is 1.31 bits per heavy atom. The van der Waals surface area contributed by atoms with Crippen LogP contribution in [0.1, 0.15) is 12.8 Å². The van der Waals surface area contributed by atoms with E-state index in [0.717, 1.165) is 0 Å². The standard InChI is InChI=1S/C8H16NO6P/c9-2-1-3-16(14,15)5-6(8(12)13)4-7(10)11/h6H,1-5,9H2,(H,10,11)(H,12,13)(H,14,15)/t6-/m1/s1. The molecule has 2 atom stereocenters. The smallest absolute Gasteiger partial charge is 0.307 e. The SMILES string of the molecule is NCCCP(=O)(O)C[C@@H](CC(=O)O)C(=O)O. The summed E-state index contributed by atoms with van der Waals surface area (Å²) in [5.41, 5.74) is 5.16. The van der Waals surface area contributed by atoms with Crippen LogP contribution in [-0.4, -0.2) is 45.9 Å². The van der Waals surface area contributed by atoms with Crippen molar-refractivity contribution in [1.82, 2.24) is 0 Å². The zero-order valence-electron chi connectivity index (χ0n) is 8.70. The Hall–Kier alpha value is -0.910. The molecule has 5 N–H and O–H groups in total. The largest absolute Gasteiger partial charge is 0.481 e. The van der Waals surface area contributed by atoms with Crippen molar-refractivity contribution in [3.63, 3.8) is 0 Å². The molecule has 1 unspecified atom stereocenters. The molecule has 16 heavy (non-hydrogen) atoms. The molecule has 0 aliphatic rings. The van der Waals surface area contributed by atoms with E-state index in [9.17, 15) is 19.0 Å². The van der Waals surface area contributed by atoms with E-state index in [1.54, 1.807) is 0 Å². The Morgan fingerprint density at radius 2 is 1.88 bits per heavy atom. The summed E-state index contributed by atoms with van der Waals surface area (Å²) in [6.07, 6.45) is -0.933. The Kier molecular flexibility index (Phi) is 6.25. The molecule has 0 aromatic heterocycles. The number of nitrogens with two attached hydrogens (primary N) is 1. The molecule has 0 amide bonds. The number of carboxylic acids is 2. The molecule has 7 nitrogen and oxygen atoms in total. The lowest BCUT2D eigenvalue weighted by molar-refractivity contribution is -0.147. The van der Waals surface area contributed by atoms with Gasteiger partial charge in [0.15, 0.2) is 0 Å². The molecule has 0 saturated heterocycles. The second-order valence-electron chi connectivity index (χ2n) is 3.53. The van der Waals surface area contributed by atoms with Crippen molar-refractivity contribution in [2.24, 2.45) is 11.7 Å². The maximum absolute atomic E-state index is 11.5. The molecule has 0 saturated carbocycles. The van der Waals surface area contributed by atoms with Gasteiger partial charge < -0.3 is 20.8 Å². The van der Waals surface area contributed by atoms with Gasteiger partial charge in [0, 0.05) is 12.3 Å². The second kappa shape index (κ2) is 6.62. The first-order chi connectivity index (χ1) is 7.28. The highest BCUT2D eigenvalue weighted by molar-refractivity contribution is 7.58. The summed E-state index contributed by atoms with van der Waals surface area (Å²) < 4.78 is 11.5. The predicted molar refractivity (Wildman–Crippen MR) is 56.6 cm³/mol. The van der Waals surface area contributed by atoms with Crippen LogP contribution in [0.4, 0.5) is 0 Å².